The van der Waals surface area contributed by atoms with Crippen molar-refractivity contribution in [3.8, 4) is 5.75 Å². The molecule has 3 aromatic carbocycles. The molecule has 0 aliphatic carbocycles. The summed E-state index contributed by atoms with van der Waals surface area (Å²) in [6.45, 7) is 1.84. The van der Waals surface area contributed by atoms with Crippen LogP contribution in [0.4, 0.5) is 17.1 Å². The number of rotatable bonds is 10. The van der Waals surface area contributed by atoms with E-state index in [-0.39, 0.29) is 18.0 Å². The van der Waals surface area contributed by atoms with Crippen LogP contribution in [0.25, 0.3) is 0 Å². The molecule has 0 aliphatic heterocycles. The van der Waals surface area contributed by atoms with Crippen LogP contribution in [0.1, 0.15) is 25.3 Å². The van der Waals surface area contributed by atoms with Gasteiger partial charge in [-0.05, 0) is 54.8 Å². The molecule has 0 saturated heterocycles. The number of anilines is 3. The zero-order valence-electron chi connectivity index (χ0n) is 19.0. The SMILES string of the molecule is CCCCc1ccc(NC(=O)C(=O)Nc2ccccc2OCC(=O)NNc2ccccc2)cc1. The van der Waals surface area contributed by atoms with Crippen LogP contribution in [0.15, 0.2) is 78.9 Å². The summed E-state index contributed by atoms with van der Waals surface area (Å²) in [5.41, 5.74) is 8.02. The van der Waals surface area contributed by atoms with Crippen LogP contribution in [-0.4, -0.2) is 24.3 Å². The first kappa shape index (κ1) is 24.3. The Bertz CT molecular complexity index is 1100. The number of aryl methyl sites for hydroxylation is 1. The van der Waals surface area contributed by atoms with Crippen LogP contribution in [0, 0.1) is 0 Å². The predicted octanol–water partition coefficient (Wildman–Crippen LogP) is 4.13. The molecule has 4 N–H and O–H groups in total. The lowest BCUT2D eigenvalue weighted by atomic mass is 10.1. The van der Waals surface area contributed by atoms with Gasteiger partial charge in [-0.15, -0.1) is 0 Å². The number of nitrogens with one attached hydrogen (secondary N) is 4. The molecular formula is C26H28N4O4. The Morgan fingerprint density at radius 1 is 0.765 bits per heavy atom. The standard InChI is InChI=1S/C26H28N4O4/c1-2-3-9-19-14-16-20(17-15-19)27-25(32)26(33)28-22-12-7-8-13-23(22)34-18-24(31)30-29-21-10-5-4-6-11-21/h4-8,10-17,29H,2-3,9,18H2,1H3,(H,27,32)(H,28,33)(H,30,31). The molecule has 0 fully saturated rings. The van der Waals surface area contributed by atoms with Crippen LogP contribution in [-0.2, 0) is 20.8 Å². The topological polar surface area (TPSA) is 109 Å². The lowest BCUT2D eigenvalue weighted by Crippen LogP contribution is -2.33. The second-order valence-electron chi connectivity index (χ2n) is 7.53. The highest BCUT2D eigenvalue weighted by Crippen LogP contribution is 2.23. The second kappa shape index (κ2) is 12.6. The van der Waals surface area contributed by atoms with E-state index >= 15 is 0 Å². The number of unbranched alkanes of at least 4 members (excludes halogenated alkanes) is 1. The Balaban J connectivity index is 1.50. The molecule has 176 valence electrons. The molecule has 8 heteroatoms. The van der Waals surface area contributed by atoms with Gasteiger partial charge in [0.2, 0.25) is 0 Å². The third-order valence-corrected chi connectivity index (χ3v) is 4.85. The first-order chi connectivity index (χ1) is 16.5. The molecule has 34 heavy (non-hydrogen) atoms. The van der Waals surface area contributed by atoms with Crippen molar-refractivity contribution >= 4 is 34.8 Å². The normalized spacial score (nSPS) is 10.1. The molecule has 3 amide bonds. The van der Waals surface area contributed by atoms with E-state index in [0.717, 1.165) is 24.9 Å². The number of hydrogen-bond donors (Lipinski definition) is 4. The van der Waals surface area contributed by atoms with Crippen molar-refractivity contribution in [1.82, 2.24) is 5.43 Å². The van der Waals surface area contributed by atoms with Crippen LogP contribution in [0.5, 0.6) is 5.75 Å². The number of hydrogen-bond acceptors (Lipinski definition) is 5. The maximum Gasteiger partial charge on any atom is 0.314 e. The molecule has 0 saturated carbocycles. The minimum Gasteiger partial charge on any atom is -0.482 e. The van der Waals surface area contributed by atoms with E-state index in [1.165, 1.54) is 5.56 Å². The highest BCUT2D eigenvalue weighted by Gasteiger charge is 2.16. The van der Waals surface area contributed by atoms with E-state index in [0.29, 0.717) is 5.69 Å². The van der Waals surface area contributed by atoms with Crippen molar-refractivity contribution in [1.29, 1.82) is 0 Å². The Morgan fingerprint density at radius 2 is 1.44 bits per heavy atom. The number of benzene rings is 3. The first-order valence-corrected chi connectivity index (χ1v) is 11.1. The summed E-state index contributed by atoms with van der Waals surface area (Å²) >= 11 is 0. The van der Waals surface area contributed by atoms with E-state index in [1.54, 1.807) is 48.5 Å². The van der Waals surface area contributed by atoms with Crippen LogP contribution < -0.4 is 26.2 Å². The number of amides is 3. The van der Waals surface area contributed by atoms with Gasteiger partial charge in [-0.1, -0.05) is 55.8 Å². The smallest absolute Gasteiger partial charge is 0.314 e. The molecule has 0 atom stereocenters. The average Bonchev–Trinajstić information content (AvgIpc) is 2.87. The fourth-order valence-electron chi connectivity index (χ4n) is 3.04. The van der Waals surface area contributed by atoms with Crippen molar-refractivity contribution in [2.45, 2.75) is 26.2 Å². The third kappa shape index (κ3) is 7.67. The number of carbonyl (C=O) groups is 3. The maximum absolute atomic E-state index is 12.4. The fourth-order valence-corrected chi connectivity index (χ4v) is 3.04. The number of para-hydroxylation sites is 3. The van der Waals surface area contributed by atoms with Crippen LogP contribution in [0.2, 0.25) is 0 Å². The van der Waals surface area contributed by atoms with Gasteiger partial charge in [-0.25, -0.2) is 0 Å². The van der Waals surface area contributed by atoms with Crippen molar-refractivity contribution < 1.29 is 19.1 Å². The van der Waals surface area contributed by atoms with Crippen LogP contribution in [0.3, 0.4) is 0 Å². The van der Waals surface area contributed by atoms with Gasteiger partial charge < -0.3 is 15.4 Å². The minimum atomic E-state index is -0.846. The molecule has 8 nitrogen and oxygen atoms in total. The van der Waals surface area contributed by atoms with Crippen molar-refractivity contribution in [2.75, 3.05) is 22.7 Å². The Kier molecular flexibility index (Phi) is 9.04. The molecule has 0 unspecified atom stereocenters. The quantitative estimate of drug-likeness (QED) is 0.269. The van der Waals surface area contributed by atoms with Gasteiger partial charge in [0.1, 0.15) is 5.75 Å². The zero-order valence-corrected chi connectivity index (χ0v) is 19.0. The Hall–Kier alpha value is -4.33. The highest BCUT2D eigenvalue weighted by atomic mass is 16.5. The summed E-state index contributed by atoms with van der Waals surface area (Å²) in [4.78, 5) is 36.8. The summed E-state index contributed by atoms with van der Waals surface area (Å²) in [6.07, 6.45) is 3.18. The number of carbonyl (C=O) groups excluding carboxylic acids is 3. The number of hydrazine groups is 1. The average molecular weight is 461 g/mol. The Labute approximate surface area is 198 Å². The lowest BCUT2D eigenvalue weighted by Gasteiger charge is -2.13. The summed E-state index contributed by atoms with van der Waals surface area (Å²) in [5.74, 6) is -1.80. The van der Waals surface area contributed by atoms with E-state index in [1.807, 2.05) is 30.3 Å². The molecule has 0 bridgehead atoms. The first-order valence-electron chi connectivity index (χ1n) is 11.1. The predicted molar refractivity (Wildman–Crippen MR) is 132 cm³/mol. The summed E-state index contributed by atoms with van der Waals surface area (Å²) in [5, 5.41) is 5.11. The third-order valence-electron chi connectivity index (χ3n) is 4.85. The van der Waals surface area contributed by atoms with Gasteiger partial charge in [0.15, 0.2) is 6.61 Å². The van der Waals surface area contributed by atoms with Gasteiger partial charge in [-0.2, -0.15) is 0 Å². The number of ether oxygens (including phenoxy) is 1. The minimum absolute atomic E-state index is 0.263. The van der Waals surface area contributed by atoms with E-state index in [4.69, 9.17) is 4.74 Å². The monoisotopic (exact) mass is 460 g/mol. The summed E-state index contributed by atoms with van der Waals surface area (Å²) < 4.78 is 5.53. The molecule has 3 aromatic rings. The van der Waals surface area contributed by atoms with Crippen molar-refractivity contribution in [3.05, 3.63) is 84.4 Å². The fraction of sp³-hybridized carbons (Fsp3) is 0.192. The lowest BCUT2D eigenvalue weighted by molar-refractivity contribution is -0.133. The molecular weight excluding hydrogens is 432 g/mol. The molecule has 0 spiro atoms. The molecule has 0 aromatic heterocycles. The Morgan fingerprint density at radius 3 is 2.18 bits per heavy atom. The van der Waals surface area contributed by atoms with E-state index in [2.05, 4.69) is 28.4 Å². The van der Waals surface area contributed by atoms with Gasteiger partial charge >= 0.3 is 11.8 Å². The van der Waals surface area contributed by atoms with Gasteiger partial charge in [0, 0.05) is 5.69 Å². The maximum atomic E-state index is 12.4. The molecule has 0 heterocycles. The van der Waals surface area contributed by atoms with Gasteiger partial charge in [-0.3, -0.25) is 25.2 Å². The molecule has 0 aliphatic rings. The summed E-state index contributed by atoms with van der Waals surface area (Å²) in [7, 11) is 0. The second-order valence-corrected chi connectivity index (χ2v) is 7.53. The molecule has 0 radical (unpaired) electrons. The van der Waals surface area contributed by atoms with E-state index in [9.17, 15) is 14.4 Å². The largest absolute Gasteiger partial charge is 0.482 e. The van der Waals surface area contributed by atoms with Crippen molar-refractivity contribution in [3.63, 3.8) is 0 Å². The van der Waals surface area contributed by atoms with Crippen molar-refractivity contribution in [2.24, 2.45) is 0 Å². The molecule has 3 rings (SSSR count). The highest BCUT2D eigenvalue weighted by molar-refractivity contribution is 6.43. The van der Waals surface area contributed by atoms with Gasteiger partial charge in [0.25, 0.3) is 5.91 Å². The summed E-state index contributed by atoms with van der Waals surface area (Å²) in [6, 6.07) is 23.1. The zero-order chi connectivity index (χ0) is 24.2. The van der Waals surface area contributed by atoms with Crippen LogP contribution >= 0.6 is 0 Å². The van der Waals surface area contributed by atoms with E-state index < -0.39 is 17.7 Å². The van der Waals surface area contributed by atoms with Gasteiger partial charge in [0.05, 0.1) is 11.4 Å².